The third kappa shape index (κ3) is 4.30. The number of nitrogens with one attached hydrogen (secondary N) is 1. The summed E-state index contributed by atoms with van der Waals surface area (Å²) < 4.78 is 1.92. The first kappa shape index (κ1) is 13.2. The second-order valence-corrected chi connectivity index (χ2v) is 4.44. The van der Waals surface area contributed by atoms with Gasteiger partial charge in [-0.05, 0) is 46.0 Å². The van der Waals surface area contributed by atoms with Gasteiger partial charge in [0.05, 0.1) is 0 Å². The van der Waals surface area contributed by atoms with Gasteiger partial charge in [-0.3, -0.25) is 16.0 Å². The lowest BCUT2D eigenvalue weighted by atomic mass is 10.1. The lowest BCUT2D eigenvalue weighted by molar-refractivity contribution is 0.350. The first-order valence-corrected chi connectivity index (χ1v) is 5.71. The highest BCUT2D eigenvalue weighted by Gasteiger charge is 2.08. The van der Waals surface area contributed by atoms with Gasteiger partial charge in [0.25, 0.3) is 0 Å². The number of hydrogen-bond donors (Lipinski definition) is 2. The van der Waals surface area contributed by atoms with E-state index in [1.807, 2.05) is 17.9 Å². The van der Waals surface area contributed by atoms with Crippen molar-refractivity contribution in [3.63, 3.8) is 0 Å². The second-order valence-electron chi connectivity index (χ2n) is 4.44. The number of aromatic nitrogens is 2. The van der Waals surface area contributed by atoms with Gasteiger partial charge in [0.2, 0.25) is 0 Å². The summed E-state index contributed by atoms with van der Waals surface area (Å²) in [7, 11) is 6.13. The number of hydrogen-bond acceptors (Lipinski definition) is 4. The minimum atomic E-state index is 0.372. The summed E-state index contributed by atoms with van der Waals surface area (Å²) in [4.78, 5) is 2.18. The van der Waals surface area contributed by atoms with Crippen molar-refractivity contribution < 1.29 is 0 Å². The van der Waals surface area contributed by atoms with E-state index in [9.17, 15) is 0 Å². The van der Waals surface area contributed by atoms with Gasteiger partial charge in [-0.15, -0.1) is 0 Å². The molecule has 0 aromatic carbocycles. The molecular formula is C11H23N5. The molecule has 0 saturated carbocycles. The van der Waals surface area contributed by atoms with Gasteiger partial charge in [-0.2, -0.15) is 5.10 Å². The van der Waals surface area contributed by atoms with E-state index in [0.717, 1.165) is 25.8 Å². The Bertz CT molecular complexity index is 294. The molecule has 3 N–H and O–H groups in total. The molecule has 0 aliphatic rings. The molecule has 1 aromatic heterocycles. The molecule has 5 heteroatoms. The van der Waals surface area contributed by atoms with Crippen molar-refractivity contribution >= 4 is 0 Å². The van der Waals surface area contributed by atoms with E-state index in [-0.39, 0.29) is 0 Å². The van der Waals surface area contributed by atoms with Crippen LogP contribution in [-0.4, -0.2) is 41.4 Å². The van der Waals surface area contributed by atoms with Crippen LogP contribution in [0.2, 0.25) is 0 Å². The van der Waals surface area contributed by atoms with Gasteiger partial charge < -0.3 is 4.90 Å². The van der Waals surface area contributed by atoms with Crippen LogP contribution in [0.1, 0.15) is 18.5 Å². The Kier molecular flexibility index (Phi) is 5.45. The van der Waals surface area contributed by atoms with Gasteiger partial charge in [0.15, 0.2) is 0 Å². The normalized spacial score (nSPS) is 13.3. The molecule has 0 fully saturated rings. The molecule has 92 valence electrons. The number of nitrogens with zero attached hydrogens (tertiary/aromatic N) is 3. The Morgan fingerprint density at radius 2 is 2.25 bits per heavy atom. The molecule has 1 aromatic rings. The van der Waals surface area contributed by atoms with Crippen LogP contribution in [0.25, 0.3) is 0 Å². The van der Waals surface area contributed by atoms with Crippen LogP contribution in [0.4, 0.5) is 0 Å². The van der Waals surface area contributed by atoms with Crippen molar-refractivity contribution in [2.45, 2.75) is 25.3 Å². The molecule has 1 unspecified atom stereocenters. The molecule has 0 spiro atoms. The number of rotatable bonds is 7. The van der Waals surface area contributed by atoms with Crippen LogP contribution >= 0.6 is 0 Å². The van der Waals surface area contributed by atoms with Gasteiger partial charge >= 0.3 is 0 Å². The molecule has 0 aliphatic carbocycles. The maximum atomic E-state index is 5.55. The minimum Gasteiger partial charge on any atom is -0.309 e. The predicted molar refractivity (Wildman–Crippen MR) is 65.8 cm³/mol. The Labute approximate surface area is 97.6 Å². The fourth-order valence-corrected chi connectivity index (χ4v) is 1.69. The minimum absolute atomic E-state index is 0.372. The Morgan fingerprint density at radius 1 is 1.50 bits per heavy atom. The largest absolute Gasteiger partial charge is 0.309 e. The quantitative estimate of drug-likeness (QED) is 0.512. The van der Waals surface area contributed by atoms with Crippen LogP contribution in [0.5, 0.6) is 0 Å². The van der Waals surface area contributed by atoms with Gasteiger partial charge in [0, 0.05) is 25.0 Å². The Hall–Kier alpha value is -0.910. The summed E-state index contributed by atoms with van der Waals surface area (Å²) >= 11 is 0. The molecule has 0 aliphatic heterocycles. The highest BCUT2D eigenvalue weighted by molar-refractivity contribution is 5.00. The molecule has 1 heterocycles. The zero-order chi connectivity index (χ0) is 12.0. The molecule has 0 saturated heterocycles. The van der Waals surface area contributed by atoms with Crippen LogP contribution in [0.3, 0.4) is 0 Å². The average Bonchev–Trinajstić information content (AvgIpc) is 2.64. The zero-order valence-corrected chi connectivity index (χ0v) is 10.5. The number of aryl methyl sites for hydroxylation is 2. The smallest absolute Gasteiger partial charge is 0.0492 e. The fourth-order valence-electron chi connectivity index (χ4n) is 1.69. The van der Waals surface area contributed by atoms with Gasteiger partial charge in [0.1, 0.15) is 0 Å². The molecule has 0 amide bonds. The third-order valence-electron chi connectivity index (χ3n) is 2.83. The summed E-state index contributed by atoms with van der Waals surface area (Å²) in [5.41, 5.74) is 4.14. The van der Waals surface area contributed by atoms with Crippen molar-refractivity contribution in [3.05, 3.63) is 18.0 Å². The predicted octanol–water partition coefficient (Wildman–Crippen LogP) is 0.136. The van der Waals surface area contributed by atoms with Crippen molar-refractivity contribution in [3.8, 4) is 0 Å². The van der Waals surface area contributed by atoms with E-state index in [0.29, 0.717) is 6.04 Å². The van der Waals surface area contributed by atoms with Gasteiger partial charge in [-0.1, -0.05) is 0 Å². The zero-order valence-electron chi connectivity index (χ0n) is 10.5. The van der Waals surface area contributed by atoms with Crippen LogP contribution in [-0.2, 0) is 13.5 Å². The van der Waals surface area contributed by atoms with E-state index in [2.05, 4.69) is 35.6 Å². The molecule has 0 radical (unpaired) electrons. The lowest BCUT2D eigenvalue weighted by Crippen LogP contribution is -2.37. The highest BCUT2D eigenvalue weighted by Crippen LogP contribution is 2.06. The van der Waals surface area contributed by atoms with Crippen molar-refractivity contribution in [1.29, 1.82) is 0 Å². The monoisotopic (exact) mass is 225 g/mol. The summed E-state index contributed by atoms with van der Waals surface area (Å²) in [6.07, 6.45) is 4.96. The van der Waals surface area contributed by atoms with Crippen LogP contribution in [0, 0.1) is 0 Å². The Balaban J connectivity index is 2.31. The van der Waals surface area contributed by atoms with Crippen molar-refractivity contribution in [2.24, 2.45) is 12.9 Å². The first-order chi connectivity index (χ1) is 7.63. The maximum Gasteiger partial charge on any atom is 0.0492 e. The number of hydrazine groups is 1. The van der Waals surface area contributed by atoms with E-state index >= 15 is 0 Å². The van der Waals surface area contributed by atoms with E-state index in [1.165, 1.54) is 5.69 Å². The molecule has 1 atom stereocenters. The summed E-state index contributed by atoms with van der Waals surface area (Å²) in [5, 5.41) is 4.15. The van der Waals surface area contributed by atoms with E-state index in [4.69, 9.17) is 5.84 Å². The van der Waals surface area contributed by atoms with Crippen LogP contribution < -0.4 is 11.3 Å². The lowest BCUT2D eigenvalue weighted by Gasteiger charge is -2.18. The molecule has 16 heavy (non-hydrogen) atoms. The Morgan fingerprint density at radius 3 is 2.75 bits per heavy atom. The summed E-state index contributed by atoms with van der Waals surface area (Å²) in [6.45, 7) is 1.06. The fraction of sp³-hybridized carbons (Fsp3) is 0.727. The second kappa shape index (κ2) is 6.62. The molecular weight excluding hydrogens is 202 g/mol. The molecule has 0 bridgehead atoms. The summed E-state index contributed by atoms with van der Waals surface area (Å²) in [5.74, 6) is 5.55. The third-order valence-corrected chi connectivity index (χ3v) is 2.83. The number of nitrogens with two attached hydrogens (primary N) is 1. The van der Waals surface area contributed by atoms with Gasteiger partial charge in [-0.25, -0.2) is 0 Å². The summed E-state index contributed by atoms with van der Waals surface area (Å²) in [6, 6.07) is 2.43. The molecule has 1 rings (SSSR count). The maximum absolute atomic E-state index is 5.55. The topological polar surface area (TPSA) is 59.1 Å². The highest BCUT2D eigenvalue weighted by atomic mass is 15.3. The first-order valence-electron chi connectivity index (χ1n) is 5.71. The van der Waals surface area contributed by atoms with E-state index < -0.39 is 0 Å². The van der Waals surface area contributed by atoms with Crippen molar-refractivity contribution in [2.75, 3.05) is 20.6 Å². The van der Waals surface area contributed by atoms with Crippen LogP contribution in [0.15, 0.2) is 12.3 Å². The SMILES string of the molecule is CN(C)CCC(CCc1ccnn1C)NN. The van der Waals surface area contributed by atoms with Crippen molar-refractivity contribution in [1.82, 2.24) is 20.1 Å². The van der Waals surface area contributed by atoms with E-state index in [1.54, 1.807) is 0 Å². The standard InChI is InChI=1S/C11H23N5/c1-15(2)9-7-10(14-12)4-5-11-6-8-13-16(11)3/h6,8,10,14H,4-5,7,9,12H2,1-3H3. The molecule has 5 nitrogen and oxygen atoms in total. The average molecular weight is 225 g/mol.